The van der Waals surface area contributed by atoms with Gasteiger partial charge in [-0.05, 0) is 79.0 Å². The second-order valence-corrected chi connectivity index (χ2v) is 7.61. The van der Waals surface area contributed by atoms with Gasteiger partial charge >= 0.3 is 0 Å². The van der Waals surface area contributed by atoms with Crippen LogP contribution in [0.25, 0.3) is 0 Å². The smallest absolute Gasteiger partial charge is 0.159 e. The van der Waals surface area contributed by atoms with E-state index in [9.17, 15) is 17.6 Å². The van der Waals surface area contributed by atoms with Crippen molar-refractivity contribution in [1.29, 1.82) is 0 Å². The lowest BCUT2D eigenvalue weighted by molar-refractivity contribution is 0.476. The molecule has 0 aliphatic heterocycles. The number of fused-ring (bicyclic) bond motifs is 1. The molecule has 1 unspecified atom stereocenters. The quantitative estimate of drug-likeness (QED) is 0.358. The van der Waals surface area contributed by atoms with Crippen molar-refractivity contribution in [1.82, 2.24) is 0 Å². The van der Waals surface area contributed by atoms with Crippen LogP contribution in [0.2, 0.25) is 0 Å². The molecule has 0 bridgehead atoms. The highest BCUT2D eigenvalue weighted by molar-refractivity contribution is 5.37. The molecule has 0 aromatic heterocycles. The van der Waals surface area contributed by atoms with Crippen molar-refractivity contribution in [3.63, 3.8) is 0 Å². The van der Waals surface area contributed by atoms with Crippen LogP contribution in [0.1, 0.15) is 73.6 Å². The predicted molar refractivity (Wildman–Crippen MR) is 99.9 cm³/mol. The Labute approximate surface area is 158 Å². The standard InChI is InChI=1S/C23H26F4/c1-2-3-4-5-6-7-15-10-21(26)23(22(27)11-15)17-9-8-16-13-19(24)20(25)14-18(16)12-17/h10-11,13-14,17H,2-9,12H2,1H3. The molecular formula is C23H26F4. The van der Waals surface area contributed by atoms with E-state index in [1.54, 1.807) is 0 Å². The molecule has 146 valence electrons. The minimum Gasteiger partial charge on any atom is -0.207 e. The number of unbranched alkanes of at least 4 members (excludes halogenated alkanes) is 4. The predicted octanol–water partition coefficient (Wildman–Crippen LogP) is 7.03. The fourth-order valence-corrected chi connectivity index (χ4v) is 4.10. The summed E-state index contributed by atoms with van der Waals surface area (Å²) in [6.07, 6.45) is 7.54. The van der Waals surface area contributed by atoms with Gasteiger partial charge < -0.3 is 0 Å². The van der Waals surface area contributed by atoms with Gasteiger partial charge in [0.25, 0.3) is 0 Å². The summed E-state index contributed by atoms with van der Waals surface area (Å²) in [5.41, 5.74) is 2.15. The molecule has 0 saturated carbocycles. The van der Waals surface area contributed by atoms with Crippen LogP contribution in [0.4, 0.5) is 17.6 Å². The number of hydrogen-bond acceptors (Lipinski definition) is 0. The Morgan fingerprint density at radius 2 is 1.41 bits per heavy atom. The van der Waals surface area contributed by atoms with Gasteiger partial charge in [0.15, 0.2) is 11.6 Å². The molecule has 0 amide bonds. The largest absolute Gasteiger partial charge is 0.207 e. The van der Waals surface area contributed by atoms with Gasteiger partial charge in [0.2, 0.25) is 0 Å². The van der Waals surface area contributed by atoms with E-state index in [-0.39, 0.29) is 11.5 Å². The molecule has 0 fully saturated rings. The Kier molecular flexibility index (Phi) is 6.56. The van der Waals surface area contributed by atoms with Crippen molar-refractivity contribution in [3.8, 4) is 0 Å². The molecule has 1 aliphatic carbocycles. The monoisotopic (exact) mass is 378 g/mol. The van der Waals surface area contributed by atoms with Crippen LogP contribution in [-0.4, -0.2) is 0 Å². The van der Waals surface area contributed by atoms with Crippen LogP contribution in [0.15, 0.2) is 24.3 Å². The molecular weight excluding hydrogens is 352 g/mol. The molecule has 2 aromatic carbocycles. The highest BCUT2D eigenvalue weighted by Gasteiger charge is 2.27. The van der Waals surface area contributed by atoms with E-state index in [4.69, 9.17) is 0 Å². The third-order valence-electron chi connectivity index (χ3n) is 5.59. The maximum Gasteiger partial charge on any atom is 0.159 e. The molecule has 3 rings (SSSR count). The average Bonchev–Trinajstić information content (AvgIpc) is 2.62. The van der Waals surface area contributed by atoms with Gasteiger partial charge in [0.05, 0.1) is 0 Å². The summed E-state index contributed by atoms with van der Waals surface area (Å²) in [5, 5.41) is 0. The van der Waals surface area contributed by atoms with Crippen LogP contribution in [-0.2, 0) is 19.3 Å². The Morgan fingerprint density at radius 3 is 2.07 bits per heavy atom. The van der Waals surface area contributed by atoms with E-state index in [2.05, 4.69) is 6.92 Å². The van der Waals surface area contributed by atoms with Gasteiger partial charge in [-0.2, -0.15) is 0 Å². The molecule has 4 heteroatoms. The molecule has 27 heavy (non-hydrogen) atoms. The van der Waals surface area contributed by atoms with Crippen molar-refractivity contribution in [2.24, 2.45) is 0 Å². The molecule has 0 N–H and O–H groups in total. The molecule has 0 heterocycles. The van der Waals surface area contributed by atoms with E-state index < -0.39 is 23.3 Å². The molecule has 2 aromatic rings. The SMILES string of the molecule is CCCCCCCc1cc(F)c(C2CCc3cc(F)c(F)cc3C2)c(F)c1. The van der Waals surface area contributed by atoms with Crippen LogP contribution in [0, 0.1) is 23.3 Å². The number of aryl methyl sites for hydroxylation is 2. The minimum absolute atomic E-state index is 0.0834. The first-order valence-corrected chi connectivity index (χ1v) is 9.94. The zero-order valence-electron chi connectivity index (χ0n) is 15.8. The summed E-state index contributed by atoms with van der Waals surface area (Å²) in [7, 11) is 0. The third kappa shape index (κ3) is 4.72. The topological polar surface area (TPSA) is 0 Å². The first-order valence-electron chi connectivity index (χ1n) is 9.94. The second-order valence-electron chi connectivity index (χ2n) is 7.61. The highest BCUT2D eigenvalue weighted by Crippen LogP contribution is 2.36. The molecule has 0 spiro atoms. The second kappa shape index (κ2) is 8.90. The fraction of sp³-hybridized carbons (Fsp3) is 0.478. The van der Waals surface area contributed by atoms with Crippen LogP contribution < -0.4 is 0 Å². The first-order chi connectivity index (χ1) is 13.0. The normalized spacial score (nSPS) is 16.4. The molecule has 1 atom stereocenters. The summed E-state index contributed by atoms with van der Waals surface area (Å²) in [5.74, 6) is -3.16. The van der Waals surface area contributed by atoms with E-state index in [0.717, 1.165) is 30.9 Å². The summed E-state index contributed by atoms with van der Waals surface area (Å²) < 4.78 is 56.2. The van der Waals surface area contributed by atoms with Crippen molar-refractivity contribution in [2.75, 3.05) is 0 Å². The lowest BCUT2D eigenvalue weighted by atomic mass is 9.79. The maximum atomic E-state index is 14.7. The van der Waals surface area contributed by atoms with E-state index in [1.807, 2.05) is 0 Å². The van der Waals surface area contributed by atoms with Crippen LogP contribution >= 0.6 is 0 Å². The van der Waals surface area contributed by atoms with Gasteiger partial charge in [0.1, 0.15) is 11.6 Å². The average molecular weight is 378 g/mol. The van der Waals surface area contributed by atoms with Crippen molar-refractivity contribution in [2.45, 2.75) is 70.6 Å². The number of hydrogen-bond donors (Lipinski definition) is 0. The van der Waals surface area contributed by atoms with E-state index >= 15 is 0 Å². The van der Waals surface area contributed by atoms with E-state index in [0.29, 0.717) is 36.8 Å². The van der Waals surface area contributed by atoms with Crippen LogP contribution in [0.5, 0.6) is 0 Å². The van der Waals surface area contributed by atoms with Crippen molar-refractivity contribution >= 4 is 0 Å². The molecule has 0 radical (unpaired) electrons. The fourth-order valence-electron chi connectivity index (χ4n) is 4.10. The van der Waals surface area contributed by atoms with Gasteiger partial charge in [-0.15, -0.1) is 0 Å². The van der Waals surface area contributed by atoms with Gasteiger partial charge in [-0.3, -0.25) is 0 Å². The zero-order chi connectivity index (χ0) is 19.4. The summed E-state index contributed by atoms with van der Waals surface area (Å²) in [6.45, 7) is 2.15. The molecule has 1 aliphatic rings. The first kappa shape index (κ1) is 19.9. The maximum absolute atomic E-state index is 14.7. The van der Waals surface area contributed by atoms with Gasteiger partial charge in [-0.25, -0.2) is 17.6 Å². The third-order valence-corrected chi connectivity index (χ3v) is 5.59. The van der Waals surface area contributed by atoms with Gasteiger partial charge in [0, 0.05) is 5.56 Å². The lowest BCUT2D eigenvalue weighted by Crippen LogP contribution is -2.16. The number of halogens is 4. The summed E-state index contributed by atoms with van der Waals surface area (Å²) >= 11 is 0. The zero-order valence-corrected chi connectivity index (χ0v) is 15.8. The molecule has 0 nitrogen and oxygen atoms in total. The summed E-state index contributed by atoms with van der Waals surface area (Å²) in [6, 6.07) is 5.25. The Bertz CT molecular complexity index is 774. The van der Waals surface area contributed by atoms with Crippen LogP contribution in [0.3, 0.4) is 0 Å². The Morgan fingerprint density at radius 1 is 0.778 bits per heavy atom. The lowest BCUT2D eigenvalue weighted by Gasteiger charge is -2.26. The highest BCUT2D eigenvalue weighted by atomic mass is 19.2. The summed E-state index contributed by atoms with van der Waals surface area (Å²) in [4.78, 5) is 0. The number of benzene rings is 2. The minimum atomic E-state index is -0.909. The Balaban J connectivity index is 1.72. The van der Waals surface area contributed by atoms with Gasteiger partial charge in [-0.1, -0.05) is 32.6 Å². The van der Waals surface area contributed by atoms with Crippen molar-refractivity contribution < 1.29 is 17.6 Å². The number of rotatable bonds is 7. The van der Waals surface area contributed by atoms with Crippen molar-refractivity contribution in [3.05, 3.63) is 69.8 Å². The Hall–Kier alpha value is -1.84. The molecule has 0 saturated heterocycles. The van der Waals surface area contributed by atoms with E-state index in [1.165, 1.54) is 31.0 Å².